The summed E-state index contributed by atoms with van der Waals surface area (Å²) in [7, 11) is 3.18. The van der Waals surface area contributed by atoms with Crippen LogP contribution in [-0.2, 0) is 16.1 Å². The van der Waals surface area contributed by atoms with Crippen LogP contribution in [0, 0.1) is 0 Å². The van der Waals surface area contributed by atoms with Crippen LogP contribution < -0.4 is 19.5 Å². The van der Waals surface area contributed by atoms with Gasteiger partial charge in [0.15, 0.2) is 0 Å². The molecule has 0 unspecified atom stereocenters. The number of methoxy groups -OCH3 is 2. The number of hydrogen-bond donors (Lipinski definition) is 1. The van der Waals surface area contributed by atoms with Crippen molar-refractivity contribution in [3.63, 3.8) is 0 Å². The number of benzene rings is 2. The quantitative estimate of drug-likeness (QED) is 0.678. The number of nitrogens with one attached hydrogen (secondary N) is 1. The topological polar surface area (TPSA) is 77.1 Å². The molecule has 7 heteroatoms. The second-order valence-corrected chi connectivity index (χ2v) is 6.05. The zero-order chi connectivity index (χ0) is 20.4. The van der Waals surface area contributed by atoms with Gasteiger partial charge in [0, 0.05) is 19.0 Å². The molecule has 0 radical (unpaired) electrons. The lowest BCUT2D eigenvalue weighted by atomic mass is 10.2. The van der Waals surface area contributed by atoms with Crippen LogP contribution >= 0.6 is 0 Å². The Bertz CT molecular complexity index is 777. The van der Waals surface area contributed by atoms with Crippen molar-refractivity contribution >= 4 is 11.8 Å². The summed E-state index contributed by atoms with van der Waals surface area (Å²) in [6.45, 7) is 2.32. The van der Waals surface area contributed by atoms with Crippen molar-refractivity contribution in [2.45, 2.75) is 13.5 Å². The molecule has 2 aromatic rings. The molecule has 2 amide bonds. The van der Waals surface area contributed by atoms with E-state index >= 15 is 0 Å². The Morgan fingerprint density at radius 2 is 1.64 bits per heavy atom. The minimum atomic E-state index is -0.245. The van der Waals surface area contributed by atoms with Gasteiger partial charge in [0.1, 0.15) is 23.9 Å². The predicted molar refractivity (Wildman–Crippen MR) is 106 cm³/mol. The summed E-state index contributed by atoms with van der Waals surface area (Å²) in [4.78, 5) is 25.5. The van der Waals surface area contributed by atoms with E-state index in [2.05, 4.69) is 5.32 Å². The lowest BCUT2D eigenvalue weighted by Crippen LogP contribution is -2.41. The van der Waals surface area contributed by atoms with Crippen LogP contribution in [0.25, 0.3) is 0 Å². The number of amides is 2. The van der Waals surface area contributed by atoms with E-state index in [1.54, 1.807) is 38.5 Å². The number of carbonyl (C=O) groups excluding carboxylic acids is 2. The highest BCUT2D eigenvalue weighted by Gasteiger charge is 2.14. The summed E-state index contributed by atoms with van der Waals surface area (Å²) < 4.78 is 16.0. The van der Waals surface area contributed by atoms with Gasteiger partial charge >= 0.3 is 0 Å². The highest BCUT2D eigenvalue weighted by Crippen LogP contribution is 2.17. The minimum absolute atomic E-state index is 0.0313. The summed E-state index contributed by atoms with van der Waals surface area (Å²) in [6.07, 6.45) is 0. The molecule has 2 aromatic carbocycles. The van der Waals surface area contributed by atoms with E-state index in [1.165, 1.54) is 11.8 Å². The molecule has 2 rings (SSSR count). The smallest absolute Gasteiger partial charge is 0.239 e. The van der Waals surface area contributed by atoms with Gasteiger partial charge in [0.25, 0.3) is 0 Å². The third-order valence-corrected chi connectivity index (χ3v) is 4.14. The number of para-hydroxylation sites is 1. The normalized spacial score (nSPS) is 10.1. The van der Waals surface area contributed by atoms with Gasteiger partial charge in [-0.15, -0.1) is 0 Å². The van der Waals surface area contributed by atoms with Crippen molar-refractivity contribution in [1.82, 2.24) is 10.2 Å². The molecule has 0 saturated carbocycles. The van der Waals surface area contributed by atoms with Gasteiger partial charge < -0.3 is 24.4 Å². The molecule has 0 atom stereocenters. The average Bonchev–Trinajstić information content (AvgIpc) is 2.72. The van der Waals surface area contributed by atoms with Gasteiger partial charge in [-0.05, 0) is 30.3 Å². The van der Waals surface area contributed by atoms with Crippen LogP contribution in [0.1, 0.15) is 12.5 Å². The van der Waals surface area contributed by atoms with Crippen LogP contribution in [0.3, 0.4) is 0 Å². The van der Waals surface area contributed by atoms with Gasteiger partial charge in [-0.25, -0.2) is 0 Å². The SMILES string of the molecule is COc1ccc(OCCN(CC(=O)NCc2ccccc2OC)C(C)=O)cc1. The molecule has 0 aliphatic rings. The van der Waals surface area contributed by atoms with E-state index in [1.807, 2.05) is 24.3 Å². The maximum atomic E-state index is 12.2. The third kappa shape index (κ3) is 6.50. The highest BCUT2D eigenvalue weighted by atomic mass is 16.5. The van der Waals surface area contributed by atoms with Crippen LogP contribution in [0.4, 0.5) is 0 Å². The zero-order valence-electron chi connectivity index (χ0n) is 16.4. The van der Waals surface area contributed by atoms with E-state index in [4.69, 9.17) is 14.2 Å². The molecular weight excluding hydrogens is 360 g/mol. The number of carbonyl (C=O) groups is 2. The molecule has 0 aliphatic carbocycles. The molecule has 0 heterocycles. The summed E-state index contributed by atoms with van der Waals surface area (Å²) in [5, 5.41) is 2.81. The molecule has 1 N–H and O–H groups in total. The number of hydrogen-bond acceptors (Lipinski definition) is 5. The van der Waals surface area contributed by atoms with Crippen molar-refractivity contribution in [3.8, 4) is 17.2 Å². The lowest BCUT2D eigenvalue weighted by Gasteiger charge is -2.21. The molecule has 0 fully saturated rings. The van der Waals surface area contributed by atoms with Crippen molar-refractivity contribution < 1.29 is 23.8 Å². The first kappa shape index (κ1) is 21.1. The van der Waals surface area contributed by atoms with E-state index in [-0.39, 0.29) is 25.0 Å². The molecule has 0 bridgehead atoms. The highest BCUT2D eigenvalue weighted by molar-refractivity contribution is 5.83. The van der Waals surface area contributed by atoms with Crippen molar-refractivity contribution in [2.24, 2.45) is 0 Å². The average molecular weight is 386 g/mol. The van der Waals surface area contributed by atoms with Crippen molar-refractivity contribution in [1.29, 1.82) is 0 Å². The minimum Gasteiger partial charge on any atom is -0.497 e. The monoisotopic (exact) mass is 386 g/mol. The first-order valence-electron chi connectivity index (χ1n) is 8.94. The number of nitrogens with zero attached hydrogens (tertiary/aromatic N) is 1. The Labute approximate surface area is 165 Å². The molecule has 0 spiro atoms. The fraction of sp³-hybridized carbons (Fsp3) is 0.333. The Kier molecular flexibility index (Phi) is 8.14. The van der Waals surface area contributed by atoms with E-state index in [0.717, 1.165) is 11.3 Å². The predicted octanol–water partition coefficient (Wildman–Crippen LogP) is 2.25. The molecule has 7 nitrogen and oxygen atoms in total. The molecule has 0 aliphatic heterocycles. The van der Waals surface area contributed by atoms with E-state index in [0.29, 0.717) is 24.6 Å². The fourth-order valence-corrected chi connectivity index (χ4v) is 2.57. The van der Waals surface area contributed by atoms with Crippen molar-refractivity contribution in [2.75, 3.05) is 33.9 Å². The lowest BCUT2D eigenvalue weighted by molar-refractivity contribution is -0.134. The Hall–Kier alpha value is -3.22. The van der Waals surface area contributed by atoms with Crippen LogP contribution in [0.15, 0.2) is 48.5 Å². The zero-order valence-corrected chi connectivity index (χ0v) is 16.4. The Balaban J connectivity index is 1.80. The standard InChI is InChI=1S/C21H26N2O5/c1-16(24)23(12-13-28-19-10-8-18(26-2)9-11-19)15-21(25)22-14-17-6-4-5-7-20(17)27-3/h4-11H,12-15H2,1-3H3,(H,22,25). The summed E-state index contributed by atoms with van der Waals surface area (Å²) in [5.41, 5.74) is 0.871. The van der Waals surface area contributed by atoms with Gasteiger partial charge in [-0.3, -0.25) is 9.59 Å². The van der Waals surface area contributed by atoms with Crippen LogP contribution in [0.5, 0.6) is 17.2 Å². The molecule has 150 valence electrons. The van der Waals surface area contributed by atoms with Gasteiger partial charge in [-0.1, -0.05) is 18.2 Å². The molecule has 0 saturated heterocycles. The third-order valence-electron chi connectivity index (χ3n) is 4.14. The first-order valence-corrected chi connectivity index (χ1v) is 8.94. The van der Waals surface area contributed by atoms with E-state index < -0.39 is 0 Å². The summed E-state index contributed by atoms with van der Waals surface area (Å²) in [6, 6.07) is 14.6. The van der Waals surface area contributed by atoms with Gasteiger partial charge in [0.2, 0.25) is 11.8 Å². The summed E-state index contributed by atoms with van der Waals surface area (Å²) in [5.74, 6) is 1.68. The maximum Gasteiger partial charge on any atom is 0.239 e. The van der Waals surface area contributed by atoms with Crippen LogP contribution in [0.2, 0.25) is 0 Å². The Morgan fingerprint density at radius 1 is 0.964 bits per heavy atom. The summed E-state index contributed by atoms with van der Waals surface area (Å²) >= 11 is 0. The number of rotatable bonds is 10. The van der Waals surface area contributed by atoms with Gasteiger partial charge in [-0.2, -0.15) is 0 Å². The molecular formula is C21H26N2O5. The Morgan fingerprint density at radius 3 is 2.29 bits per heavy atom. The van der Waals surface area contributed by atoms with Gasteiger partial charge in [0.05, 0.1) is 27.3 Å². The largest absolute Gasteiger partial charge is 0.497 e. The second kappa shape index (κ2) is 10.8. The van der Waals surface area contributed by atoms with E-state index in [9.17, 15) is 9.59 Å². The first-order chi connectivity index (χ1) is 13.5. The maximum absolute atomic E-state index is 12.2. The number of ether oxygens (including phenoxy) is 3. The molecule has 28 heavy (non-hydrogen) atoms. The second-order valence-electron chi connectivity index (χ2n) is 6.05. The fourth-order valence-electron chi connectivity index (χ4n) is 2.57. The van der Waals surface area contributed by atoms with Crippen molar-refractivity contribution in [3.05, 3.63) is 54.1 Å². The van der Waals surface area contributed by atoms with Crippen LogP contribution in [-0.4, -0.2) is 50.6 Å². The molecule has 0 aromatic heterocycles.